The number of piperidine rings is 1. The molecule has 0 saturated carbocycles. The van der Waals surface area contributed by atoms with E-state index >= 15 is 0 Å². The molecule has 1 aliphatic heterocycles. The molecule has 1 aromatic carbocycles. The number of benzene rings is 1. The summed E-state index contributed by atoms with van der Waals surface area (Å²) in [7, 11) is 0. The van der Waals surface area contributed by atoms with Crippen molar-refractivity contribution >= 4 is 11.7 Å². The SMILES string of the molecule is Cc1cc(C2CN(C(C)C(=O)Nc3ccc(Oc4ccc(F)cc4)cn3)CCC2(F)F)ccn1. The van der Waals surface area contributed by atoms with Crippen LogP contribution in [0.4, 0.5) is 19.0 Å². The van der Waals surface area contributed by atoms with Crippen LogP contribution in [0, 0.1) is 12.7 Å². The monoisotopic (exact) mass is 470 g/mol. The van der Waals surface area contributed by atoms with Gasteiger partial charge in [0.15, 0.2) is 0 Å². The summed E-state index contributed by atoms with van der Waals surface area (Å²) in [5.41, 5.74) is 1.20. The van der Waals surface area contributed by atoms with Gasteiger partial charge in [-0.15, -0.1) is 0 Å². The lowest BCUT2D eigenvalue weighted by atomic mass is 9.86. The van der Waals surface area contributed by atoms with E-state index in [2.05, 4.69) is 15.3 Å². The van der Waals surface area contributed by atoms with Crippen molar-refractivity contribution in [2.45, 2.75) is 38.2 Å². The van der Waals surface area contributed by atoms with Gasteiger partial charge >= 0.3 is 0 Å². The van der Waals surface area contributed by atoms with Crippen LogP contribution in [-0.2, 0) is 4.79 Å². The van der Waals surface area contributed by atoms with Crippen LogP contribution in [0.2, 0.25) is 0 Å². The second-order valence-electron chi connectivity index (χ2n) is 8.39. The number of alkyl halides is 2. The van der Waals surface area contributed by atoms with Crippen LogP contribution in [-0.4, -0.2) is 45.8 Å². The molecule has 3 heterocycles. The van der Waals surface area contributed by atoms with Crippen LogP contribution in [0.5, 0.6) is 11.5 Å². The third kappa shape index (κ3) is 5.53. The number of rotatable bonds is 6. The highest BCUT2D eigenvalue weighted by molar-refractivity contribution is 5.93. The van der Waals surface area contributed by atoms with E-state index in [1.807, 2.05) is 0 Å². The Morgan fingerprint density at radius 1 is 1.15 bits per heavy atom. The highest BCUT2D eigenvalue weighted by Crippen LogP contribution is 2.41. The van der Waals surface area contributed by atoms with E-state index < -0.39 is 17.9 Å². The number of halogens is 3. The molecule has 2 atom stereocenters. The van der Waals surface area contributed by atoms with Crippen LogP contribution in [0.3, 0.4) is 0 Å². The van der Waals surface area contributed by atoms with Gasteiger partial charge in [-0.3, -0.25) is 14.7 Å². The Balaban J connectivity index is 1.38. The quantitative estimate of drug-likeness (QED) is 0.539. The van der Waals surface area contributed by atoms with Crippen molar-refractivity contribution in [2.75, 3.05) is 18.4 Å². The number of pyridine rings is 2. The zero-order valence-electron chi connectivity index (χ0n) is 18.8. The van der Waals surface area contributed by atoms with Crippen LogP contribution >= 0.6 is 0 Å². The average molecular weight is 470 g/mol. The molecule has 1 N–H and O–H groups in total. The van der Waals surface area contributed by atoms with Crippen molar-refractivity contribution in [1.29, 1.82) is 0 Å². The van der Waals surface area contributed by atoms with E-state index in [-0.39, 0.29) is 31.2 Å². The molecule has 0 spiro atoms. The summed E-state index contributed by atoms with van der Waals surface area (Å²) >= 11 is 0. The number of nitrogens with zero attached hydrogens (tertiary/aromatic N) is 3. The average Bonchev–Trinajstić information content (AvgIpc) is 2.81. The van der Waals surface area contributed by atoms with Gasteiger partial charge in [0.25, 0.3) is 5.92 Å². The zero-order valence-corrected chi connectivity index (χ0v) is 18.8. The van der Waals surface area contributed by atoms with Crippen LogP contribution in [0.1, 0.15) is 30.5 Å². The minimum atomic E-state index is -2.86. The summed E-state index contributed by atoms with van der Waals surface area (Å²) in [6, 6.07) is 11.4. The summed E-state index contributed by atoms with van der Waals surface area (Å²) in [5, 5.41) is 2.73. The molecule has 9 heteroatoms. The molecule has 0 radical (unpaired) electrons. The second kappa shape index (κ2) is 9.80. The van der Waals surface area contributed by atoms with E-state index in [9.17, 15) is 18.0 Å². The molecule has 3 aromatic rings. The van der Waals surface area contributed by atoms with E-state index in [0.717, 1.165) is 0 Å². The van der Waals surface area contributed by atoms with Gasteiger partial charge in [0.1, 0.15) is 23.1 Å². The van der Waals surface area contributed by atoms with Crippen molar-refractivity contribution in [2.24, 2.45) is 0 Å². The molecule has 0 bridgehead atoms. The Morgan fingerprint density at radius 3 is 2.56 bits per heavy atom. The van der Waals surface area contributed by atoms with Crippen LogP contribution in [0.15, 0.2) is 60.9 Å². The molecule has 1 amide bonds. The summed E-state index contributed by atoms with van der Waals surface area (Å²) in [6.07, 6.45) is 2.64. The fourth-order valence-electron chi connectivity index (χ4n) is 3.96. The Bertz CT molecular complexity index is 1140. The van der Waals surface area contributed by atoms with Crippen LogP contribution in [0.25, 0.3) is 0 Å². The van der Waals surface area contributed by atoms with E-state index in [0.29, 0.717) is 28.6 Å². The zero-order chi connectivity index (χ0) is 24.3. The Kier molecular flexibility index (Phi) is 6.83. The number of carbonyl (C=O) groups excluding carboxylic acids is 1. The predicted molar refractivity (Wildman–Crippen MR) is 122 cm³/mol. The molecule has 6 nitrogen and oxygen atoms in total. The van der Waals surface area contributed by atoms with Gasteiger partial charge in [0.2, 0.25) is 5.91 Å². The first-order valence-electron chi connectivity index (χ1n) is 11.0. The highest BCUT2D eigenvalue weighted by atomic mass is 19.3. The van der Waals surface area contributed by atoms with E-state index in [1.54, 1.807) is 43.0 Å². The molecule has 34 heavy (non-hydrogen) atoms. The van der Waals surface area contributed by atoms with Gasteiger partial charge in [0, 0.05) is 31.4 Å². The number of likely N-dealkylation sites (tertiary alicyclic amines) is 1. The van der Waals surface area contributed by atoms with Gasteiger partial charge in [0.05, 0.1) is 18.2 Å². The number of ether oxygens (including phenoxy) is 1. The molecule has 2 aromatic heterocycles. The number of hydrogen-bond donors (Lipinski definition) is 1. The number of nitrogens with one attached hydrogen (secondary N) is 1. The van der Waals surface area contributed by atoms with E-state index in [1.165, 1.54) is 36.7 Å². The number of aryl methyl sites for hydroxylation is 1. The number of amides is 1. The summed E-state index contributed by atoms with van der Waals surface area (Å²) in [4.78, 5) is 22.9. The normalized spacial score (nSPS) is 18.8. The summed E-state index contributed by atoms with van der Waals surface area (Å²) in [6.45, 7) is 3.63. The molecule has 178 valence electrons. The highest BCUT2D eigenvalue weighted by Gasteiger charge is 2.46. The maximum absolute atomic E-state index is 14.7. The van der Waals surface area contributed by atoms with Gasteiger partial charge < -0.3 is 10.1 Å². The van der Waals surface area contributed by atoms with E-state index in [4.69, 9.17) is 4.74 Å². The lowest BCUT2D eigenvalue weighted by Gasteiger charge is -2.40. The summed E-state index contributed by atoms with van der Waals surface area (Å²) < 4.78 is 48.0. The van der Waals surface area contributed by atoms with Gasteiger partial charge in [-0.25, -0.2) is 18.2 Å². The molecule has 1 fully saturated rings. The minimum absolute atomic E-state index is 0.0584. The lowest BCUT2D eigenvalue weighted by molar-refractivity contribution is -0.125. The third-order valence-electron chi connectivity index (χ3n) is 5.95. The first-order valence-corrected chi connectivity index (χ1v) is 11.0. The lowest BCUT2D eigenvalue weighted by Crippen LogP contribution is -2.52. The number of aromatic nitrogens is 2. The molecule has 2 unspecified atom stereocenters. The van der Waals surface area contributed by atoms with Crippen molar-refractivity contribution in [3.63, 3.8) is 0 Å². The fraction of sp³-hybridized carbons (Fsp3) is 0.320. The maximum atomic E-state index is 14.7. The Hall–Kier alpha value is -3.46. The smallest absolute Gasteiger partial charge is 0.257 e. The first-order chi connectivity index (χ1) is 16.2. The predicted octanol–water partition coefficient (Wildman–Crippen LogP) is 5.17. The van der Waals surface area contributed by atoms with Gasteiger partial charge in [-0.2, -0.15) is 0 Å². The minimum Gasteiger partial charge on any atom is -0.456 e. The Labute approximate surface area is 195 Å². The maximum Gasteiger partial charge on any atom is 0.257 e. The number of hydrogen-bond acceptors (Lipinski definition) is 5. The van der Waals surface area contributed by atoms with Crippen molar-refractivity contribution in [3.8, 4) is 11.5 Å². The molecular weight excluding hydrogens is 445 g/mol. The third-order valence-corrected chi connectivity index (χ3v) is 5.95. The summed E-state index contributed by atoms with van der Waals surface area (Å²) in [5.74, 6) is -3.39. The first kappa shape index (κ1) is 23.7. The molecule has 4 rings (SSSR count). The molecule has 0 aliphatic carbocycles. The molecular formula is C25H25F3N4O2. The Morgan fingerprint density at radius 2 is 1.88 bits per heavy atom. The van der Waals surface area contributed by atoms with Crippen LogP contribution < -0.4 is 10.1 Å². The number of anilines is 1. The number of carbonyl (C=O) groups is 1. The standard InChI is InChI=1S/C25H25F3N4O2/c1-16-13-18(9-11-29-16)22-15-32(12-10-25(22,27)28)17(2)24(33)31-23-8-7-21(14-30-23)34-20-5-3-19(26)4-6-20/h3-9,11,13-14,17,22H,10,12,15H2,1-2H3,(H,30,31,33). The molecule has 1 aliphatic rings. The van der Waals surface area contributed by atoms with Gasteiger partial charge in [-0.05, 0) is 67.9 Å². The fourth-order valence-corrected chi connectivity index (χ4v) is 3.96. The molecule has 1 saturated heterocycles. The second-order valence-corrected chi connectivity index (χ2v) is 8.39. The largest absolute Gasteiger partial charge is 0.456 e. The topological polar surface area (TPSA) is 67.4 Å². The van der Waals surface area contributed by atoms with Crippen molar-refractivity contribution < 1.29 is 22.7 Å². The van der Waals surface area contributed by atoms with Crippen molar-refractivity contribution in [1.82, 2.24) is 14.9 Å². The van der Waals surface area contributed by atoms with Gasteiger partial charge in [-0.1, -0.05) is 0 Å². The van der Waals surface area contributed by atoms with Crippen molar-refractivity contribution in [3.05, 3.63) is 78.0 Å².